The van der Waals surface area contributed by atoms with Crippen molar-refractivity contribution in [2.45, 2.75) is 37.3 Å². The minimum Gasteiger partial charge on any atom is -0.468 e. The van der Waals surface area contributed by atoms with E-state index in [0.29, 0.717) is 4.47 Å². The van der Waals surface area contributed by atoms with E-state index in [1.165, 1.54) is 13.2 Å². The molecule has 1 aromatic rings. The summed E-state index contributed by atoms with van der Waals surface area (Å²) in [5.41, 5.74) is -0.539. The number of hydrogen-bond acceptors (Lipinski definition) is 6. The molecule has 1 aromatic heterocycles. The molecule has 0 aliphatic carbocycles. The molecule has 1 N–H and O–H groups in total. The molecule has 0 aliphatic heterocycles. The quantitative estimate of drug-likeness (QED) is 0.550. The summed E-state index contributed by atoms with van der Waals surface area (Å²) in [6.45, 7) is 5.19. The Morgan fingerprint density at radius 3 is 2.57 bits per heavy atom. The lowest BCUT2D eigenvalue weighted by molar-refractivity contribution is -0.145. The van der Waals surface area contributed by atoms with Gasteiger partial charge in [0.15, 0.2) is 0 Å². The largest absolute Gasteiger partial charge is 0.468 e. The van der Waals surface area contributed by atoms with Gasteiger partial charge in [-0.15, -0.1) is 0 Å². The SMILES string of the molecule is COC(=O)C(COC(C)(C)C)NS(=O)(=O)c1cnc(Cl)c(Br)c1. The predicted octanol–water partition coefficient (Wildman–Crippen LogP) is 2.13. The number of nitrogens with zero attached hydrogens (tertiary/aromatic N) is 1. The number of carbonyl (C=O) groups is 1. The third-order valence-corrected chi connectivity index (χ3v) is 5.12. The van der Waals surface area contributed by atoms with Crippen molar-refractivity contribution in [3.63, 3.8) is 0 Å². The summed E-state index contributed by atoms with van der Waals surface area (Å²) in [5, 5.41) is 0.129. The predicted molar refractivity (Wildman–Crippen MR) is 88.8 cm³/mol. The highest BCUT2D eigenvalue weighted by atomic mass is 79.9. The van der Waals surface area contributed by atoms with Crippen molar-refractivity contribution >= 4 is 43.5 Å². The van der Waals surface area contributed by atoms with Crippen LogP contribution in [0.3, 0.4) is 0 Å². The molecular weight excluding hydrogens is 412 g/mol. The normalized spacial score (nSPS) is 13.7. The summed E-state index contributed by atoms with van der Waals surface area (Å²) >= 11 is 8.84. The Balaban J connectivity index is 3.00. The standard InChI is InChI=1S/C13H18BrClN2O5S/c1-13(2,3)22-7-10(12(18)21-4)17-23(19,20)8-5-9(14)11(15)16-6-8/h5-6,10,17H,7H2,1-4H3. The average molecular weight is 430 g/mol. The molecule has 0 aliphatic rings. The summed E-state index contributed by atoms with van der Waals surface area (Å²) in [4.78, 5) is 15.4. The number of methoxy groups -OCH3 is 1. The van der Waals surface area contributed by atoms with E-state index in [9.17, 15) is 13.2 Å². The van der Waals surface area contributed by atoms with Gasteiger partial charge in [-0.1, -0.05) is 11.6 Å². The first kappa shape index (κ1) is 20.3. The van der Waals surface area contributed by atoms with Crippen molar-refractivity contribution in [3.05, 3.63) is 21.9 Å². The highest BCUT2D eigenvalue weighted by Gasteiger charge is 2.29. The topological polar surface area (TPSA) is 94.6 Å². The first-order valence-corrected chi connectivity index (χ1v) is 9.17. The van der Waals surface area contributed by atoms with E-state index in [-0.39, 0.29) is 16.7 Å². The molecule has 1 heterocycles. The number of pyridine rings is 1. The van der Waals surface area contributed by atoms with Crippen LogP contribution in [0.5, 0.6) is 0 Å². The van der Waals surface area contributed by atoms with E-state index in [1.807, 2.05) is 0 Å². The van der Waals surface area contributed by atoms with Crippen LogP contribution in [0, 0.1) is 0 Å². The Kier molecular flexibility index (Phi) is 6.96. The van der Waals surface area contributed by atoms with Crippen molar-refractivity contribution < 1.29 is 22.7 Å². The highest BCUT2D eigenvalue weighted by Crippen LogP contribution is 2.23. The number of aromatic nitrogens is 1. The van der Waals surface area contributed by atoms with E-state index in [1.54, 1.807) is 20.8 Å². The van der Waals surface area contributed by atoms with E-state index < -0.39 is 27.6 Å². The van der Waals surface area contributed by atoms with Crippen LogP contribution in [-0.4, -0.2) is 44.7 Å². The fourth-order valence-corrected chi connectivity index (χ4v) is 3.17. The molecular formula is C13H18BrClN2O5S. The summed E-state index contributed by atoms with van der Waals surface area (Å²) in [7, 11) is -2.84. The van der Waals surface area contributed by atoms with Gasteiger partial charge in [-0.3, -0.25) is 4.79 Å². The second-order valence-electron chi connectivity index (χ2n) is 5.56. The number of hydrogen-bond donors (Lipinski definition) is 1. The maximum Gasteiger partial charge on any atom is 0.326 e. The first-order chi connectivity index (χ1) is 10.5. The Labute approximate surface area is 148 Å². The minimum atomic E-state index is -4.00. The number of rotatable bonds is 6. The smallest absolute Gasteiger partial charge is 0.326 e. The molecule has 10 heteroatoms. The van der Waals surface area contributed by atoms with Gasteiger partial charge < -0.3 is 9.47 Å². The van der Waals surface area contributed by atoms with Crippen LogP contribution in [0.25, 0.3) is 0 Å². The zero-order valence-corrected chi connectivity index (χ0v) is 16.3. The van der Waals surface area contributed by atoms with Gasteiger partial charge in [-0.2, -0.15) is 4.72 Å². The molecule has 1 rings (SSSR count). The fourth-order valence-electron chi connectivity index (χ4n) is 1.43. The molecule has 130 valence electrons. The maximum absolute atomic E-state index is 12.4. The number of ether oxygens (including phenoxy) is 2. The van der Waals surface area contributed by atoms with E-state index >= 15 is 0 Å². The van der Waals surface area contributed by atoms with Gasteiger partial charge in [0, 0.05) is 6.20 Å². The lowest BCUT2D eigenvalue weighted by Gasteiger charge is -2.23. The van der Waals surface area contributed by atoms with Crippen LogP contribution in [0.4, 0.5) is 0 Å². The monoisotopic (exact) mass is 428 g/mol. The van der Waals surface area contributed by atoms with Crippen LogP contribution in [-0.2, 0) is 24.3 Å². The van der Waals surface area contributed by atoms with Gasteiger partial charge in [0.25, 0.3) is 0 Å². The second-order valence-corrected chi connectivity index (χ2v) is 8.49. The van der Waals surface area contributed by atoms with Gasteiger partial charge >= 0.3 is 5.97 Å². The van der Waals surface area contributed by atoms with Crippen LogP contribution >= 0.6 is 27.5 Å². The van der Waals surface area contributed by atoms with Crippen LogP contribution in [0.1, 0.15) is 20.8 Å². The fraction of sp³-hybridized carbons (Fsp3) is 0.538. The Bertz CT molecular complexity index is 675. The van der Waals surface area contributed by atoms with Gasteiger partial charge in [-0.25, -0.2) is 13.4 Å². The van der Waals surface area contributed by atoms with Gasteiger partial charge in [0.2, 0.25) is 10.0 Å². The summed E-state index contributed by atoms with van der Waals surface area (Å²) in [6, 6.07) is 0.107. The van der Waals surface area contributed by atoms with E-state index in [4.69, 9.17) is 16.3 Å². The molecule has 0 bridgehead atoms. The molecule has 0 spiro atoms. The minimum absolute atomic E-state index is 0.129. The molecule has 0 aromatic carbocycles. The molecule has 0 fully saturated rings. The summed E-state index contributed by atoms with van der Waals surface area (Å²) < 4.78 is 37.4. The van der Waals surface area contributed by atoms with E-state index in [2.05, 4.69) is 30.4 Å². The van der Waals surface area contributed by atoms with Crippen LogP contribution in [0.2, 0.25) is 5.15 Å². The Hall–Kier alpha value is -0.740. The second kappa shape index (κ2) is 7.89. The van der Waals surface area contributed by atoms with E-state index in [0.717, 1.165) is 6.20 Å². The summed E-state index contributed by atoms with van der Waals surface area (Å²) in [6.07, 6.45) is 1.09. The lowest BCUT2D eigenvalue weighted by atomic mass is 10.2. The number of esters is 1. The molecule has 1 unspecified atom stereocenters. The maximum atomic E-state index is 12.4. The van der Waals surface area contributed by atoms with Gasteiger partial charge in [0.1, 0.15) is 16.1 Å². The molecule has 7 nitrogen and oxygen atoms in total. The molecule has 0 radical (unpaired) electrons. The lowest BCUT2D eigenvalue weighted by Crippen LogP contribution is -2.46. The number of sulfonamides is 1. The number of nitrogens with one attached hydrogen (secondary N) is 1. The zero-order chi connectivity index (χ0) is 17.8. The van der Waals surface area contributed by atoms with Crippen LogP contribution in [0.15, 0.2) is 21.6 Å². The van der Waals surface area contributed by atoms with Crippen molar-refractivity contribution in [1.82, 2.24) is 9.71 Å². The van der Waals surface area contributed by atoms with Crippen molar-refractivity contribution in [3.8, 4) is 0 Å². The van der Waals surface area contributed by atoms with Gasteiger partial charge in [-0.05, 0) is 42.8 Å². The first-order valence-electron chi connectivity index (χ1n) is 6.51. The average Bonchev–Trinajstić information content (AvgIpc) is 2.44. The molecule has 1 atom stereocenters. The number of carbonyl (C=O) groups excluding carboxylic acids is 1. The van der Waals surface area contributed by atoms with Crippen molar-refractivity contribution in [2.75, 3.05) is 13.7 Å². The molecule has 0 saturated heterocycles. The van der Waals surface area contributed by atoms with Crippen LogP contribution < -0.4 is 4.72 Å². The highest BCUT2D eigenvalue weighted by molar-refractivity contribution is 9.10. The Morgan fingerprint density at radius 1 is 1.48 bits per heavy atom. The van der Waals surface area contributed by atoms with Gasteiger partial charge in [0.05, 0.1) is 23.8 Å². The Morgan fingerprint density at radius 2 is 2.09 bits per heavy atom. The van der Waals surface area contributed by atoms with Crippen molar-refractivity contribution in [2.24, 2.45) is 0 Å². The third-order valence-electron chi connectivity index (χ3n) is 2.55. The van der Waals surface area contributed by atoms with Crippen molar-refractivity contribution in [1.29, 1.82) is 0 Å². The number of halogens is 2. The summed E-state index contributed by atoms with van der Waals surface area (Å²) in [5.74, 6) is -0.751. The molecule has 23 heavy (non-hydrogen) atoms. The molecule has 0 saturated carbocycles. The zero-order valence-electron chi connectivity index (χ0n) is 13.1. The molecule has 0 amide bonds. The third kappa shape index (κ3) is 6.34.